The summed E-state index contributed by atoms with van der Waals surface area (Å²) in [6, 6.07) is 6.13. The second-order valence-electron chi connectivity index (χ2n) is 15.9. The predicted molar refractivity (Wildman–Crippen MR) is 195 cm³/mol. The van der Waals surface area contributed by atoms with E-state index in [0.717, 1.165) is 81.9 Å². The fourth-order valence-corrected chi connectivity index (χ4v) is 9.79. The van der Waals surface area contributed by atoms with Crippen molar-refractivity contribution in [2.45, 2.75) is 141 Å². The van der Waals surface area contributed by atoms with Gasteiger partial charge in [0.15, 0.2) is 0 Å². The van der Waals surface area contributed by atoms with Crippen molar-refractivity contribution in [1.82, 2.24) is 9.97 Å². The molecule has 0 radical (unpaired) electrons. The first-order valence-electron chi connectivity index (χ1n) is 19.5. The number of pyridine rings is 1. The molecule has 3 aliphatic carbocycles. The first-order chi connectivity index (χ1) is 23.6. The molecule has 0 aliphatic heterocycles. The number of hydrogen-bond acceptors (Lipinski definition) is 6. The Bertz CT molecular complexity index is 1360. The van der Waals surface area contributed by atoms with Crippen molar-refractivity contribution in [2.24, 2.45) is 41.4 Å². The summed E-state index contributed by atoms with van der Waals surface area (Å²) in [6.07, 6.45) is 21.9. The molecule has 3 aliphatic rings. The average molecular weight is 678 g/mol. The second kappa shape index (κ2) is 17.5. The number of unbranched alkanes of at least 4 members (excludes halogenated alkanes) is 4. The van der Waals surface area contributed by atoms with E-state index in [9.17, 15) is 25.2 Å². The van der Waals surface area contributed by atoms with E-state index in [4.69, 9.17) is 5.73 Å². The van der Waals surface area contributed by atoms with E-state index < -0.39 is 23.6 Å². The first kappa shape index (κ1) is 37.6. The van der Waals surface area contributed by atoms with Gasteiger partial charge in [0.25, 0.3) is 0 Å². The van der Waals surface area contributed by atoms with E-state index in [0.29, 0.717) is 31.0 Å². The maximum absolute atomic E-state index is 12.6. The molecule has 5 rings (SSSR count). The van der Waals surface area contributed by atoms with Gasteiger partial charge in [-0.15, -0.1) is 0 Å². The van der Waals surface area contributed by atoms with Crippen molar-refractivity contribution in [3.8, 4) is 0 Å². The van der Waals surface area contributed by atoms with Crippen LogP contribution in [0, 0.1) is 41.4 Å². The van der Waals surface area contributed by atoms with Crippen LogP contribution in [0.4, 0.5) is 5.82 Å². The summed E-state index contributed by atoms with van der Waals surface area (Å²) in [5.74, 6) is -0.527. The third-order valence-electron chi connectivity index (χ3n) is 12.6. The minimum atomic E-state index is -0.993. The number of nitrogens with two attached hydrogens (primary N) is 1. The highest BCUT2D eigenvalue weighted by molar-refractivity contribution is 5.70. The molecule has 10 atom stereocenters. The van der Waals surface area contributed by atoms with Gasteiger partial charge in [0, 0.05) is 24.0 Å². The monoisotopic (exact) mass is 677 g/mol. The van der Waals surface area contributed by atoms with Crippen LogP contribution in [0.2, 0.25) is 0 Å². The largest absolute Gasteiger partial charge is 0.481 e. The first-order valence-corrected chi connectivity index (χ1v) is 19.5. The molecule has 272 valence electrons. The van der Waals surface area contributed by atoms with Gasteiger partial charge in [-0.1, -0.05) is 64.5 Å². The number of nitrogens with zero attached hydrogens (tertiary/aromatic N) is 1. The number of anilines is 1. The Morgan fingerprint density at radius 2 is 1.86 bits per heavy atom. The molecule has 0 bridgehead atoms. The van der Waals surface area contributed by atoms with Crippen LogP contribution < -0.4 is 5.73 Å². The highest BCUT2D eigenvalue weighted by Crippen LogP contribution is 2.56. The van der Waals surface area contributed by atoms with Gasteiger partial charge in [0.2, 0.25) is 0 Å². The smallest absolute Gasteiger partial charge is 0.309 e. The molecule has 2 aromatic rings. The molecule has 2 fully saturated rings. The summed E-state index contributed by atoms with van der Waals surface area (Å²) in [4.78, 5) is 20.1. The molecule has 7 N–H and O–H groups in total. The molecule has 2 heterocycles. The predicted octanol–water partition coefficient (Wildman–Crippen LogP) is 7.27. The standard InChI is InChI=1S/C41H63N3O5/c1-3-5-7-10-28-13-14-30(37(45)21-28)11-8-6-9-12-35(40(47)48)39(46)31-15-16-36-32(19-29-17-18-43-38(42)22-29)23-33(41(36,49)25-31)24-34-20-27(4-2)26-44-34/h13-14,17-18,20,22,26,28,30-33,35-37,39,44-46,49H,3-12,15-16,19,21,23-25H2,1-2H3,(H2,42,43)(H,47,48). The van der Waals surface area contributed by atoms with Crippen LogP contribution in [0.25, 0.3) is 0 Å². The number of aromatic nitrogens is 2. The molecular weight excluding hydrogens is 614 g/mol. The minimum Gasteiger partial charge on any atom is -0.481 e. The highest BCUT2D eigenvalue weighted by Gasteiger charge is 2.57. The average Bonchev–Trinajstić information content (AvgIpc) is 3.64. The lowest BCUT2D eigenvalue weighted by Crippen LogP contribution is -2.50. The van der Waals surface area contributed by atoms with Crippen LogP contribution in [0.1, 0.15) is 121 Å². The van der Waals surface area contributed by atoms with E-state index in [1.165, 1.54) is 24.8 Å². The molecule has 0 amide bonds. The number of H-pyrrole nitrogens is 1. The van der Waals surface area contributed by atoms with Crippen LogP contribution >= 0.6 is 0 Å². The van der Waals surface area contributed by atoms with Crippen LogP contribution in [-0.4, -0.2) is 54.2 Å². The zero-order valence-corrected chi connectivity index (χ0v) is 30.0. The second-order valence-corrected chi connectivity index (χ2v) is 15.9. The molecule has 0 saturated heterocycles. The van der Waals surface area contributed by atoms with E-state index >= 15 is 0 Å². The topological polar surface area (TPSA) is 153 Å². The van der Waals surface area contributed by atoms with Crippen LogP contribution in [0.3, 0.4) is 0 Å². The fraction of sp³-hybridized carbons (Fsp3) is 0.707. The van der Waals surface area contributed by atoms with Crippen molar-refractivity contribution in [3.05, 3.63) is 59.6 Å². The number of carbonyl (C=O) groups is 1. The molecule has 8 heteroatoms. The highest BCUT2D eigenvalue weighted by atomic mass is 16.4. The number of aryl methyl sites for hydroxylation is 1. The number of aliphatic hydroxyl groups is 3. The number of nitrogens with one attached hydrogen (secondary N) is 1. The number of aromatic amines is 1. The quantitative estimate of drug-likeness (QED) is 0.0717. The van der Waals surface area contributed by atoms with Gasteiger partial charge in [-0.3, -0.25) is 4.79 Å². The van der Waals surface area contributed by atoms with Crippen molar-refractivity contribution in [1.29, 1.82) is 0 Å². The number of rotatable bonds is 18. The zero-order chi connectivity index (χ0) is 35.0. The van der Waals surface area contributed by atoms with Gasteiger partial charge in [0.1, 0.15) is 5.82 Å². The Labute approximate surface area is 294 Å². The summed E-state index contributed by atoms with van der Waals surface area (Å²) >= 11 is 0. The Balaban J connectivity index is 1.18. The SMILES string of the molecule is CCCCCC1C=CC(CCCCCC(C(=O)O)C(O)C2CCC3C(Cc4ccnc(N)c4)CC(Cc4cc(CC)c[nH]4)C3(O)C2)C(O)C1. The van der Waals surface area contributed by atoms with E-state index in [-0.39, 0.29) is 35.7 Å². The van der Waals surface area contributed by atoms with Gasteiger partial charge in [0.05, 0.1) is 23.7 Å². The summed E-state index contributed by atoms with van der Waals surface area (Å²) < 4.78 is 0. The Morgan fingerprint density at radius 1 is 1.04 bits per heavy atom. The van der Waals surface area contributed by atoms with Gasteiger partial charge in [-0.2, -0.15) is 0 Å². The number of hydrogen-bond donors (Lipinski definition) is 6. The lowest BCUT2D eigenvalue weighted by molar-refractivity contribution is -0.152. The Hall–Kier alpha value is -2.68. The van der Waals surface area contributed by atoms with Crippen molar-refractivity contribution < 1.29 is 25.2 Å². The number of aliphatic carboxylic acids is 1. The molecule has 0 spiro atoms. The molecule has 10 unspecified atom stereocenters. The number of fused-ring (bicyclic) bond motifs is 1. The minimum absolute atomic E-state index is 0.0131. The number of allylic oxidation sites excluding steroid dienone is 1. The summed E-state index contributed by atoms with van der Waals surface area (Å²) in [5.41, 5.74) is 8.52. The molecule has 2 aromatic heterocycles. The maximum atomic E-state index is 12.6. The third-order valence-corrected chi connectivity index (χ3v) is 12.6. The number of aliphatic hydroxyl groups excluding tert-OH is 2. The zero-order valence-electron chi connectivity index (χ0n) is 30.0. The maximum Gasteiger partial charge on any atom is 0.309 e. The number of carboxylic acid groups (broad SMARTS) is 1. The Morgan fingerprint density at radius 3 is 2.57 bits per heavy atom. The molecule has 49 heavy (non-hydrogen) atoms. The number of carboxylic acids is 1. The number of nitrogen functional groups attached to an aromatic ring is 1. The van der Waals surface area contributed by atoms with Crippen LogP contribution in [0.5, 0.6) is 0 Å². The van der Waals surface area contributed by atoms with Crippen molar-refractivity contribution >= 4 is 11.8 Å². The summed E-state index contributed by atoms with van der Waals surface area (Å²) in [5, 5.41) is 45.2. The fourth-order valence-electron chi connectivity index (χ4n) is 9.79. The van der Waals surface area contributed by atoms with Crippen LogP contribution in [-0.2, 0) is 24.1 Å². The molecular formula is C41H63N3O5. The van der Waals surface area contributed by atoms with E-state index in [1.807, 2.05) is 18.3 Å². The van der Waals surface area contributed by atoms with Crippen molar-refractivity contribution in [2.75, 3.05) is 5.73 Å². The normalized spacial score (nSPS) is 31.0. The van der Waals surface area contributed by atoms with Gasteiger partial charge in [-0.05, 0) is 130 Å². The third kappa shape index (κ3) is 9.56. The summed E-state index contributed by atoms with van der Waals surface area (Å²) in [6.45, 7) is 4.35. The van der Waals surface area contributed by atoms with E-state index in [2.05, 4.69) is 42.0 Å². The van der Waals surface area contributed by atoms with E-state index in [1.54, 1.807) is 6.20 Å². The Kier molecular flexibility index (Phi) is 13.4. The van der Waals surface area contributed by atoms with Crippen LogP contribution in [0.15, 0.2) is 42.7 Å². The lowest BCUT2D eigenvalue weighted by atomic mass is 9.64. The lowest BCUT2D eigenvalue weighted by Gasteiger charge is -2.45. The molecule has 2 saturated carbocycles. The van der Waals surface area contributed by atoms with Gasteiger partial charge < -0.3 is 31.1 Å². The van der Waals surface area contributed by atoms with Gasteiger partial charge in [-0.25, -0.2) is 4.98 Å². The van der Waals surface area contributed by atoms with Crippen molar-refractivity contribution in [3.63, 3.8) is 0 Å². The summed E-state index contributed by atoms with van der Waals surface area (Å²) in [7, 11) is 0. The molecule has 8 nitrogen and oxygen atoms in total. The van der Waals surface area contributed by atoms with Gasteiger partial charge >= 0.3 is 5.97 Å². The molecule has 0 aromatic carbocycles.